The zero-order valence-electron chi connectivity index (χ0n) is 16.6. The summed E-state index contributed by atoms with van der Waals surface area (Å²) in [4.78, 5) is 39.1. The Labute approximate surface area is 173 Å². The normalized spacial score (nSPS) is 13.0. The summed E-state index contributed by atoms with van der Waals surface area (Å²) in [6.07, 6.45) is 2.51. The second-order valence-electron chi connectivity index (χ2n) is 6.95. The molecule has 0 bridgehead atoms. The van der Waals surface area contributed by atoms with Gasteiger partial charge in [-0.1, -0.05) is 19.4 Å². The highest BCUT2D eigenvalue weighted by molar-refractivity contribution is 7.17. The van der Waals surface area contributed by atoms with Crippen LogP contribution in [0.4, 0.5) is 5.00 Å². The number of nitrogens with two attached hydrogens (primary N) is 1. The second-order valence-corrected chi connectivity index (χ2v) is 8.05. The van der Waals surface area contributed by atoms with E-state index in [0.717, 1.165) is 23.3 Å². The van der Waals surface area contributed by atoms with Crippen LogP contribution in [0.2, 0.25) is 0 Å². The molecule has 0 unspecified atom stereocenters. The van der Waals surface area contributed by atoms with E-state index in [1.807, 2.05) is 6.07 Å². The van der Waals surface area contributed by atoms with E-state index in [1.165, 1.54) is 18.3 Å². The molecule has 0 saturated heterocycles. The van der Waals surface area contributed by atoms with Crippen molar-refractivity contribution in [3.05, 3.63) is 45.8 Å². The Morgan fingerprint density at radius 3 is 2.79 bits per heavy atom. The number of carbonyl (C=O) groups excluding carboxylic acids is 3. The molecule has 2 aromatic rings. The average molecular weight is 416 g/mol. The number of amides is 3. The second kappa shape index (κ2) is 9.09. The third-order valence-electron chi connectivity index (χ3n) is 4.84. The van der Waals surface area contributed by atoms with Crippen LogP contribution in [0.3, 0.4) is 0 Å². The van der Waals surface area contributed by atoms with Gasteiger partial charge in [0.25, 0.3) is 11.8 Å². The van der Waals surface area contributed by atoms with E-state index in [2.05, 4.69) is 12.2 Å². The van der Waals surface area contributed by atoms with Gasteiger partial charge in [-0.3, -0.25) is 14.4 Å². The van der Waals surface area contributed by atoms with Gasteiger partial charge in [0.2, 0.25) is 5.91 Å². The predicted octanol–water partition coefficient (Wildman–Crippen LogP) is 3.18. The van der Waals surface area contributed by atoms with E-state index in [0.29, 0.717) is 48.0 Å². The Bertz CT molecular complexity index is 938. The summed E-state index contributed by atoms with van der Waals surface area (Å²) in [5.41, 5.74) is 7.21. The van der Waals surface area contributed by atoms with Crippen molar-refractivity contribution in [3.63, 3.8) is 0 Å². The van der Waals surface area contributed by atoms with Gasteiger partial charge in [0.15, 0.2) is 0 Å². The third-order valence-corrected chi connectivity index (χ3v) is 5.97. The summed E-state index contributed by atoms with van der Waals surface area (Å²) >= 11 is 1.30. The summed E-state index contributed by atoms with van der Waals surface area (Å²) in [6.45, 7) is 5.15. The topological polar surface area (TPSA) is 102 Å². The van der Waals surface area contributed by atoms with Crippen LogP contribution < -0.4 is 15.8 Å². The van der Waals surface area contributed by atoms with Crippen molar-refractivity contribution >= 4 is 34.1 Å². The Hall–Kier alpha value is -2.87. The largest absolute Gasteiger partial charge is 0.494 e. The van der Waals surface area contributed by atoms with Crippen molar-refractivity contribution in [2.24, 2.45) is 5.73 Å². The van der Waals surface area contributed by atoms with Gasteiger partial charge in [-0.2, -0.15) is 0 Å². The molecule has 0 atom stereocenters. The number of hydrogen-bond donors (Lipinski definition) is 2. The van der Waals surface area contributed by atoms with Crippen LogP contribution in [0.15, 0.2) is 24.3 Å². The number of primary amides is 1. The van der Waals surface area contributed by atoms with Crippen LogP contribution >= 0.6 is 11.3 Å². The highest BCUT2D eigenvalue weighted by Gasteiger charge is 2.28. The lowest BCUT2D eigenvalue weighted by molar-refractivity contribution is -0.129. The molecule has 154 valence electrons. The smallest absolute Gasteiger partial charge is 0.256 e. The van der Waals surface area contributed by atoms with E-state index in [1.54, 1.807) is 23.1 Å². The number of fused-ring (bicyclic) bond motifs is 1. The Balaban J connectivity index is 1.81. The van der Waals surface area contributed by atoms with Crippen molar-refractivity contribution < 1.29 is 19.1 Å². The monoisotopic (exact) mass is 415 g/mol. The summed E-state index contributed by atoms with van der Waals surface area (Å²) < 4.78 is 5.66. The lowest BCUT2D eigenvalue weighted by Gasteiger charge is -2.25. The fraction of sp³-hybridized carbons (Fsp3) is 0.381. The number of hydrogen-bond acceptors (Lipinski definition) is 5. The Morgan fingerprint density at radius 2 is 2.10 bits per heavy atom. The number of unbranched alkanes of at least 4 members (excludes halogenated alkanes) is 1. The van der Waals surface area contributed by atoms with Crippen LogP contribution in [0.1, 0.15) is 57.8 Å². The van der Waals surface area contributed by atoms with Crippen LogP contribution in [0.25, 0.3) is 0 Å². The molecule has 3 amide bonds. The van der Waals surface area contributed by atoms with Gasteiger partial charge in [0.1, 0.15) is 10.8 Å². The number of rotatable bonds is 7. The molecular weight excluding hydrogens is 390 g/mol. The molecule has 0 radical (unpaired) electrons. The summed E-state index contributed by atoms with van der Waals surface area (Å²) in [7, 11) is 0. The van der Waals surface area contributed by atoms with Gasteiger partial charge in [-0.25, -0.2) is 0 Å². The molecule has 1 aromatic heterocycles. The molecule has 3 rings (SSSR count). The van der Waals surface area contributed by atoms with Crippen LogP contribution in [0.5, 0.6) is 5.75 Å². The first-order valence-electron chi connectivity index (χ1n) is 9.64. The summed E-state index contributed by atoms with van der Waals surface area (Å²) in [5, 5.41) is 3.25. The fourth-order valence-electron chi connectivity index (χ4n) is 3.26. The van der Waals surface area contributed by atoms with Crippen LogP contribution in [0, 0.1) is 0 Å². The van der Waals surface area contributed by atoms with Crippen molar-refractivity contribution in [2.45, 2.75) is 39.7 Å². The maximum atomic E-state index is 12.8. The minimum Gasteiger partial charge on any atom is -0.494 e. The molecule has 0 saturated carbocycles. The molecule has 0 aliphatic carbocycles. The molecule has 1 aromatic carbocycles. The molecular formula is C21H25N3O4S. The minimum atomic E-state index is -0.578. The van der Waals surface area contributed by atoms with E-state index in [4.69, 9.17) is 10.5 Å². The number of carbonyl (C=O) groups is 3. The first-order chi connectivity index (χ1) is 13.9. The molecule has 3 N–H and O–H groups in total. The maximum Gasteiger partial charge on any atom is 0.256 e. The number of ether oxygens (including phenoxy) is 1. The van der Waals surface area contributed by atoms with Crippen LogP contribution in [-0.2, 0) is 17.8 Å². The molecule has 7 nitrogen and oxygen atoms in total. The minimum absolute atomic E-state index is 0.0184. The van der Waals surface area contributed by atoms with Gasteiger partial charge in [-0.15, -0.1) is 11.3 Å². The van der Waals surface area contributed by atoms with Crippen LogP contribution in [-0.4, -0.2) is 35.8 Å². The molecule has 29 heavy (non-hydrogen) atoms. The predicted molar refractivity (Wildman–Crippen MR) is 112 cm³/mol. The van der Waals surface area contributed by atoms with Crippen molar-refractivity contribution in [1.82, 2.24) is 4.90 Å². The van der Waals surface area contributed by atoms with E-state index in [9.17, 15) is 14.4 Å². The molecule has 2 heterocycles. The lowest BCUT2D eigenvalue weighted by Crippen LogP contribution is -2.34. The van der Waals surface area contributed by atoms with Gasteiger partial charge >= 0.3 is 0 Å². The Morgan fingerprint density at radius 1 is 1.31 bits per heavy atom. The van der Waals surface area contributed by atoms with Crippen molar-refractivity contribution in [1.29, 1.82) is 0 Å². The standard InChI is InChI=1S/C21H25N3O4S/c1-3-4-10-28-15-7-5-6-14(11-15)20(27)23-21-18(19(22)26)16-8-9-24(13(2)25)12-17(16)29-21/h5-7,11H,3-4,8-10,12H2,1-2H3,(H2,22,26)(H,23,27). The van der Waals surface area contributed by atoms with E-state index in [-0.39, 0.29) is 11.8 Å². The number of nitrogens with one attached hydrogen (secondary N) is 1. The summed E-state index contributed by atoms with van der Waals surface area (Å²) in [6, 6.07) is 6.94. The van der Waals surface area contributed by atoms with Gasteiger partial charge in [0, 0.05) is 23.9 Å². The van der Waals surface area contributed by atoms with E-state index < -0.39 is 5.91 Å². The van der Waals surface area contributed by atoms with Crippen molar-refractivity contribution in [2.75, 3.05) is 18.5 Å². The first-order valence-corrected chi connectivity index (χ1v) is 10.5. The van der Waals surface area contributed by atoms with Gasteiger partial charge in [0.05, 0.1) is 18.7 Å². The van der Waals surface area contributed by atoms with E-state index >= 15 is 0 Å². The first kappa shape index (κ1) is 20.9. The molecule has 0 fully saturated rings. The SMILES string of the molecule is CCCCOc1cccc(C(=O)Nc2sc3c(c2C(N)=O)CCN(C(C)=O)C3)c1. The number of anilines is 1. The highest BCUT2D eigenvalue weighted by Crippen LogP contribution is 2.37. The van der Waals surface area contributed by atoms with Gasteiger partial charge in [-0.05, 0) is 36.6 Å². The molecule has 1 aliphatic heterocycles. The number of thiophene rings is 1. The molecule has 0 spiro atoms. The zero-order chi connectivity index (χ0) is 21.0. The molecule has 1 aliphatic rings. The summed E-state index contributed by atoms with van der Waals surface area (Å²) in [5.74, 6) is -0.305. The average Bonchev–Trinajstić information content (AvgIpc) is 3.05. The number of nitrogens with zero attached hydrogens (tertiary/aromatic N) is 1. The number of benzene rings is 1. The van der Waals surface area contributed by atoms with Gasteiger partial charge < -0.3 is 20.7 Å². The highest BCUT2D eigenvalue weighted by atomic mass is 32.1. The Kier molecular flexibility index (Phi) is 6.53. The van der Waals surface area contributed by atoms with Crippen molar-refractivity contribution in [3.8, 4) is 5.75 Å². The lowest BCUT2D eigenvalue weighted by atomic mass is 10.0. The zero-order valence-corrected chi connectivity index (χ0v) is 17.4. The quantitative estimate of drug-likeness (QED) is 0.678. The molecule has 8 heteroatoms. The maximum absolute atomic E-state index is 12.8. The fourth-order valence-corrected chi connectivity index (χ4v) is 4.52. The third kappa shape index (κ3) is 4.76.